The Morgan fingerprint density at radius 1 is 1.24 bits per heavy atom. The maximum atomic E-state index is 10.4. The second-order valence-corrected chi connectivity index (χ2v) is 6.86. The Morgan fingerprint density at radius 3 is 2.72 bits per heavy atom. The van der Waals surface area contributed by atoms with Crippen LogP contribution in [0.3, 0.4) is 0 Å². The van der Waals surface area contributed by atoms with Gasteiger partial charge in [0.15, 0.2) is 0 Å². The van der Waals surface area contributed by atoms with E-state index in [4.69, 9.17) is 9.15 Å². The molecule has 0 radical (unpaired) electrons. The van der Waals surface area contributed by atoms with E-state index in [1.54, 1.807) is 6.26 Å². The molecule has 1 aromatic heterocycles. The molecule has 2 unspecified atom stereocenters. The maximum Gasteiger partial charge on any atom is 0.129 e. The van der Waals surface area contributed by atoms with Crippen LogP contribution in [0.4, 0.5) is 0 Å². The molecular formula is C21H31NO3. The highest BCUT2D eigenvalue weighted by Crippen LogP contribution is 2.17. The summed E-state index contributed by atoms with van der Waals surface area (Å²) in [6.45, 7) is 10.8. The minimum absolute atomic E-state index is 0.306. The van der Waals surface area contributed by atoms with Gasteiger partial charge < -0.3 is 14.3 Å². The number of rotatable bonds is 10. The number of hydrogen-bond donors (Lipinski definition) is 1. The van der Waals surface area contributed by atoms with Gasteiger partial charge in [-0.25, -0.2) is 0 Å². The van der Waals surface area contributed by atoms with Crippen LogP contribution in [-0.4, -0.2) is 35.3 Å². The lowest BCUT2D eigenvalue weighted by molar-refractivity contribution is -0.00275. The summed E-state index contributed by atoms with van der Waals surface area (Å²) in [5.41, 5.74) is 3.89. The first-order chi connectivity index (χ1) is 12.0. The van der Waals surface area contributed by atoms with Gasteiger partial charge in [0.25, 0.3) is 0 Å². The molecule has 1 N–H and O–H groups in total. The molecule has 0 aliphatic carbocycles. The van der Waals surface area contributed by atoms with Gasteiger partial charge >= 0.3 is 0 Å². The van der Waals surface area contributed by atoms with E-state index in [2.05, 4.69) is 50.8 Å². The summed E-state index contributed by atoms with van der Waals surface area (Å²) in [7, 11) is 0. The minimum Gasteiger partial charge on any atom is -0.467 e. The number of benzene rings is 1. The third-order valence-electron chi connectivity index (χ3n) is 4.67. The van der Waals surface area contributed by atoms with E-state index in [1.807, 2.05) is 12.1 Å². The topological polar surface area (TPSA) is 45.8 Å². The second kappa shape index (κ2) is 9.76. The van der Waals surface area contributed by atoms with Crippen molar-refractivity contribution in [1.82, 2.24) is 4.90 Å². The van der Waals surface area contributed by atoms with Crippen LogP contribution in [0.1, 0.15) is 42.7 Å². The van der Waals surface area contributed by atoms with E-state index in [1.165, 1.54) is 16.7 Å². The molecule has 0 bridgehead atoms. The Balaban J connectivity index is 1.91. The number of hydrogen-bond acceptors (Lipinski definition) is 4. The average molecular weight is 345 g/mol. The number of ether oxygens (including phenoxy) is 1. The summed E-state index contributed by atoms with van der Waals surface area (Å²) in [6.07, 6.45) is 2.16. The minimum atomic E-state index is -0.519. The number of aliphatic hydroxyl groups excluding tert-OH is 1. The predicted octanol–water partition coefficient (Wildman–Crippen LogP) is 4.07. The molecule has 4 heteroatoms. The summed E-state index contributed by atoms with van der Waals surface area (Å²) < 4.78 is 10.8. The maximum absolute atomic E-state index is 10.4. The van der Waals surface area contributed by atoms with Gasteiger partial charge in [0.05, 0.1) is 19.0 Å². The Hall–Kier alpha value is -1.62. The van der Waals surface area contributed by atoms with Gasteiger partial charge in [0.2, 0.25) is 0 Å². The third kappa shape index (κ3) is 6.31. The number of furan rings is 1. The number of aryl methyl sites for hydroxylation is 2. The van der Waals surface area contributed by atoms with E-state index in [-0.39, 0.29) is 0 Å². The first kappa shape index (κ1) is 19.7. The highest BCUT2D eigenvalue weighted by molar-refractivity contribution is 5.30. The van der Waals surface area contributed by atoms with Gasteiger partial charge in [0.1, 0.15) is 12.4 Å². The highest BCUT2D eigenvalue weighted by atomic mass is 16.5. The monoisotopic (exact) mass is 345 g/mol. The van der Waals surface area contributed by atoms with Crippen LogP contribution >= 0.6 is 0 Å². The van der Waals surface area contributed by atoms with Crippen molar-refractivity contribution >= 4 is 0 Å². The van der Waals surface area contributed by atoms with Crippen LogP contribution < -0.4 is 0 Å². The first-order valence-electron chi connectivity index (χ1n) is 9.08. The molecule has 1 heterocycles. The Morgan fingerprint density at radius 2 is 2.04 bits per heavy atom. The molecule has 0 amide bonds. The molecular weight excluding hydrogens is 314 g/mol. The van der Waals surface area contributed by atoms with Gasteiger partial charge in [-0.2, -0.15) is 0 Å². The summed E-state index contributed by atoms with van der Waals surface area (Å²) in [4.78, 5) is 2.34. The molecule has 138 valence electrons. The van der Waals surface area contributed by atoms with Crippen molar-refractivity contribution < 1.29 is 14.3 Å². The molecule has 25 heavy (non-hydrogen) atoms. The van der Waals surface area contributed by atoms with Crippen molar-refractivity contribution in [1.29, 1.82) is 0 Å². The van der Waals surface area contributed by atoms with E-state index < -0.39 is 6.10 Å². The lowest BCUT2D eigenvalue weighted by Gasteiger charge is -2.31. The molecule has 1 aromatic carbocycles. The normalized spacial score (nSPS) is 14.0. The van der Waals surface area contributed by atoms with Crippen LogP contribution in [0.5, 0.6) is 0 Å². The Bertz CT molecular complexity index is 624. The quantitative estimate of drug-likeness (QED) is 0.705. The van der Waals surface area contributed by atoms with Gasteiger partial charge in [-0.3, -0.25) is 4.90 Å². The molecule has 0 aliphatic heterocycles. The summed E-state index contributed by atoms with van der Waals surface area (Å²) in [5, 5.41) is 10.4. The zero-order valence-corrected chi connectivity index (χ0v) is 15.9. The van der Waals surface area contributed by atoms with E-state index in [9.17, 15) is 5.11 Å². The molecule has 4 nitrogen and oxygen atoms in total. The fourth-order valence-electron chi connectivity index (χ4n) is 2.86. The fraction of sp³-hybridized carbons (Fsp3) is 0.524. The van der Waals surface area contributed by atoms with Crippen molar-refractivity contribution in [3.05, 3.63) is 59.0 Å². The van der Waals surface area contributed by atoms with Crippen LogP contribution in [-0.2, 0) is 17.9 Å². The van der Waals surface area contributed by atoms with Crippen LogP contribution in [0.2, 0.25) is 0 Å². The molecule has 2 rings (SSSR count). The molecule has 0 saturated carbocycles. The Labute approximate surface area is 151 Å². The zero-order valence-electron chi connectivity index (χ0n) is 15.9. The molecule has 2 atom stereocenters. The van der Waals surface area contributed by atoms with Crippen molar-refractivity contribution in [2.45, 2.75) is 59.4 Å². The Kier molecular flexibility index (Phi) is 7.69. The van der Waals surface area contributed by atoms with Crippen molar-refractivity contribution in [3.63, 3.8) is 0 Å². The third-order valence-corrected chi connectivity index (χ3v) is 4.67. The predicted molar refractivity (Wildman–Crippen MR) is 100 cm³/mol. The van der Waals surface area contributed by atoms with Crippen LogP contribution in [0.25, 0.3) is 0 Å². The van der Waals surface area contributed by atoms with Crippen LogP contribution in [0.15, 0.2) is 41.0 Å². The van der Waals surface area contributed by atoms with E-state index in [0.29, 0.717) is 25.8 Å². The molecule has 0 spiro atoms. The standard InChI is InChI=1S/C21H31NO3/c1-5-18(4)22(12-19-11-16(2)8-9-17(19)3)13-20(23)14-24-15-21-7-6-10-25-21/h6-11,18,20,23H,5,12-15H2,1-4H3. The van der Waals surface area contributed by atoms with Crippen LogP contribution in [0, 0.1) is 13.8 Å². The smallest absolute Gasteiger partial charge is 0.129 e. The summed E-state index contributed by atoms with van der Waals surface area (Å²) in [6, 6.07) is 10.7. The molecule has 0 fully saturated rings. The average Bonchev–Trinajstić information content (AvgIpc) is 3.10. The summed E-state index contributed by atoms with van der Waals surface area (Å²) >= 11 is 0. The highest BCUT2D eigenvalue weighted by Gasteiger charge is 2.18. The molecule has 0 saturated heterocycles. The first-order valence-corrected chi connectivity index (χ1v) is 9.08. The molecule has 0 aliphatic rings. The fourth-order valence-corrected chi connectivity index (χ4v) is 2.86. The largest absolute Gasteiger partial charge is 0.467 e. The van der Waals surface area contributed by atoms with Crippen molar-refractivity contribution in [2.75, 3.05) is 13.2 Å². The summed E-state index contributed by atoms with van der Waals surface area (Å²) in [5.74, 6) is 0.779. The lowest BCUT2D eigenvalue weighted by Crippen LogP contribution is -2.40. The molecule has 2 aromatic rings. The van der Waals surface area contributed by atoms with Crippen molar-refractivity contribution in [3.8, 4) is 0 Å². The van der Waals surface area contributed by atoms with Gasteiger partial charge in [0, 0.05) is 19.1 Å². The van der Waals surface area contributed by atoms with Gasteiger partial charge in [-0.15, -0.1) is 0 Å². The lowest BCUT2D eigenvalue weighted by atomic mass is 10.0. The SMILES string of the molecule is CCC(C)N(Cc1cc(C)ccc1C)CC(O)COCc1ccco1. The van der Waals surface area contributed by atoms with E-state index >= 15 is 0 Å². The van der Waals surface area contributed by atoms with E-state index in [0.717, 1.165) is 18.7 Å². The number of nitrogens with zero attached hydrogens (tertiary/aromatic N) is 1. The second-order valence-electron chi connectivity index (χ2n) is 6.86. The zero-order chi connectivity index (χ0) is 18.2. The van der Waals surface area contributed by atoms with Gasteiger partial charge in [-0.1, -0.05) is 30.7 Å². The number of aliphatic hydroxyl groups is 1. The van der Waals surface area contributed by atoms with Gasteiger partial charge in [-0.05, 0) is 50.5 Å². The van der Waals surface area contributed by atoms with Crippen molar-refractivity contribution in [2.24, 2.45) is 0 Å².